The lowest BCUT2D eigenvalue weighted by molar-refractivity contribution is 0.0397. The molecule has 1 aromatic carbocycles. The Kier molecular flexibility index (Phi) is 8.45. The third-order valence-corrected chi connectivity index (χ3v) is 6.55. The third-order valence-electron chi connectivity index (χ3n) is 6.55. The fourth-order valence-corrected chi connectivity index (χ4v) is 4.92. The maximum atomic E-state index is 9.63. The molecule has 1 aliphatic carbocycles. The van der Waals surface area contributed by atoms with Crippen LogP contribution in [0.15, 0.2) is 12.1 Å². The van der Waals surface area contributed by atoms with Crippen LogP contribution < -0.4 is 14.2 Å². The molecule has 2 fully saturated rings. The molecule has 1 saturated heterocycles. The first kappa shape index (κ1) is 22.2. The van der Waals surface area contributed by atoms with Gasteiger partial charge >= 0.3 is 0 Å². The molecule has 0 amide bonds. The maximum Gasteiger partial charge on any atom is 0.164 e. The Morgan fingerprint density at radius 2 is 1.62 bits per heavy atom. The summed E-state index contributed by atoms with van der Waals surface area (Å²) >= 11 is 0. The molecule has 1 atom stereocenters. The number of aliphatic hydroxyl groups excluding tert-OH is 1. The lowest BCUT2D eigenvalue weighted by Gasteiger charge is -2.43. The zero-order valence-electron chi connectivity index (χ0n) is 18.4. The van der Waals surface area contributed by atoms with E-state index in [1.165, 1.54) is 38.6 Å². The van der Waals surface area contributed by atoms with E-state index in [2.05, 4.69) is 9.80 Å². The van der Waals surface area contributed by atoms with Crippen molar-refractivity contribution in [2.45, 2.75) is 51.1 Å². The molecule has 29 heavy (non-hydrogen) atoms. The summed E-state index contributed by atoms with van der Waals surface area (Å²) in [5.41, 5.74) is 1.11. The summed E-state index contributed by atoms with van der Waals surface area (Å²) in [7, 11) is 5.00. The van der Waals surface area contributed by atoms with E-state index in [1.807, 2.05) is 12.1 Å². The summed E-state index contributed by atoms with van der Waals surface area (Å²) < 4.78 is 16.5. The number of aliphatic hydroxyl groups is 1. The van der Waals surface area contributed by atoms with Gasteiger partial charge in [-0.25, -0.2) is 0 Å². The van der Waals surface area contributed by atoms with Crippen molar-refractivity contribution < 1.29 is 19.3 Å². The second kappa shape index (κ2) is 11.0. The van der Waals surface area contributed by atoms with Gasteiger partial charge in [-0.2, -0.15) is 0 Å². The summed E-state index contributed by atoms with van der Waals surface area (Å²) in [6.07, 6.45) is 7.75. The molecule has 3 rings (SSSR count). The van der Waals surface area contributed by atoms with Gasteiger partial charge in [-0.15, -0.1) is 0 Å². The van der Waals surface area contributed by atoms with Crippen molar-refractivity contribution in [3.63, 3.8) is 0 Å². The van der Waals surface area contributed by atoms with Crippen LogP contribution in [-0.2, 0) is 6.54 Å². The molecular formula is C23H38N2O4. The van der Waals surface area contributed by atoms with Crippen LogP contribution in [0, 0.1) is 5.92 Å². The number of methoxy groups -OCH3 is 3. The van der Waals surface area contributed by atoms with Gasteiger partial charge in [-0.05, 0) is 31.2 Å². The van der Waals surface area contributed by atoms with Crippen molar-refractivity contribution in [2.75, 3.05) is 54.1 Å². The van der Waals surface area contributed by atoms with Crippen LogP contribution in [0.5, 0.6) is 17.2 Å². The van der Waals surface area contributed by atoms with E-state index in [0.29, 0.717) is 11.8 Å². The van der Waals surface area contributed by atoms with Crippen LogP contribution in [0.2, 0.25) is 0 Å². The highest BCUT2D eigenvalue weighted by atomic mass is 16.5. The monoisotopic (exact) mass is 406 g/mol. The highest BCUT2D eigenvalue weighted by Crippen LogP contribution is 2.35. The van der Waals surface area contributed by atoms with Crippen molar-refractivity contribution in [3.05, 3.63) is 17.7 Å². The maximum absolute atomic E-state index is 9.63. The number of nitrogens with zero attached hydrogens (tertiary/aromatic N) is 2. The Balaban J connectivity index is 1.66. The Morgan fingerprint density at radius 3 is 2.28 bits per heavy atom. The summed E-state index contributed by atoms with van der Waals surface area (Å²) in [6.45, 7) is 5.33. The fourth-order valence-electron chi connectivity index (χ4n) is 4.92. The van der Waals surface area contributed by atoms with Crippen molar-refractivity contribution in [1.82, 2.24) is 9.80 Å². The molecule has 0 spiro atoms. The van der Waals surface area contributed by atoms with Gasteiger partial charge in [0.1, 0.15) is 5.75 Å². The molecule has 1 N–H and O–H groups in total. The molecule has 1 saturated carbocycles. The first-order valence-electron chi connectivity index (χ1n) is 11.0. The summed E-state index contributed by atoms with van der Waals surface area (Å²) in [5.74, 6) is 3.07. The van der Waals surface area contributed by atoms with Crippen LogP contribution in [-0.4, -0.2) is 75.1 Å². The SMILES string of the molecule is COc1cc(OC)c(OC)cc1CN1CCN(CC2CCCCC2)[C@@H](CCO)C1. The molecule has 6 heteroatoms. The van der Waals surface area contributed by atoms with Gasteiger partial charge in [0.25, 0.3) is 0 Å². The van der Waals surface area contributed by atoms with Crippen molar-refractivity contribution in [3.8, 4) is 17.2 Å². The van der Waals surface area contributed by atoms with Crippen LogP contribution in [0.25, 0.3) is 0 Å². The molecule has 164 valence electrons. The topological polar surface area (TPSA) is 54.4 Å². The predicted molar refractivity (Wildman–Crippen MR) is 115 cm³/mol. The number of ether oxygens (including phenoxy) is 3. The van der Waals surface area contributed by atoms with Gasteiger partial charge in [-0.3, -0.25) is 9.80 Å². The molecule has 0 aromatic heterocycles. The number of rotatable bonds is 9. The summed E-state index contributed by atoms with van der Waals surface area (Å²) in [4.78, 5) is 5.11. The Hall–Kier alpha value is -1.50. The molecule has 1 aliphatic heterocycles. The first-order valence-corrected chi connectivity index (χ1v) is 11.0. The molecule has 1 heterocycles. The molecule has 0 bridgehead atoms. The molecule has 0 unspecified atom stereocenters. The van der Waals surface area contributed by atoms with E-state index < -0.39 is 0 Å². The molecule has 6 nitrogen and oxygen atoms in total. The minimum absolute atomic E-state index is 0.249. The molecule has 1 aromatic rings. The highest BCUT2D eigenvalue weighted by molar-refractivity contribution is 5.50. The Morgan fingerprint density at radius 1 is 0.931 bits per heavy atom. The number of benzene rings is 1. The minimum Gasteiger partial charge on any atom is -0.496 e. The van der Waals surface area contributed by atoms with E-state index in [0.717, 1.165) is 55.6 Å². The predicted octanol–water partition coefficient (Wildman–Crippen LogP) is 3.16. The standard InChI is InChI=1S/C23H38N2O4/c1-27-21-14-23(29-3)22(28-2)13-19(21)16-24-10-11-25(20(17-24)9-12-26)15-18-7-5-4-6-8-18/h13-14,18,20,26H,4-12,15-17H2,1-3H3/t20-/m0/s1. The van der Waals surface area contributed by atoms with Crippen molar-refractivity contribution in [1.29, 1.82) is 0 Å². The van der Waals surface area contributed by atoms with E-state index in [9.17, 15) is 5.11 Å². The van der Waals surface area contributed by atoms with E-state index in [4.69, 9.17) is 14.2 Å². The zero-order chi connectivity index (χ0) is 20.6. The van der Waals surface area contributed by atoms with Gasteiger partial charge < -0.3 is 19.3 Å². The second-order valence-corrected chi connectivity index (χ2v) is 8.42. The smallest absolute Gasteiger partial charge is 0.164 e. The van der Waals surface area contributed by atoms with Gasteiger partial charge in [0.05, 0.1) is 21.3 Å². The Labute approximate surface area is 175 Å². The van der Waals surface area contributed by atoms with Crippen molar-refractivity contribution in [2.24, 2.45) is 5.92 Å². The minimum atomic E-state index is 0.249. The fraction of sp³-hybridized carbons (Fsp3) is 0.739. The van der Waals surface area contributed by atoms with Crippen molar-refractivity contribution >= 4 is 0 Å². The average molecular weight is 407 g/mol. The van der Waals surface area contributed by atoms with E-state index >= 15 is 0 Å². The normalized spacial score (nSPS) is 21.9. The first-order chi connectivity index (χ1) is 14.2. The third kappa shape index (κ3) is 5.77. The van der Waals surface area contributed by atoms with Crippen LogP contribution >= 0.6 is 0 Å². The largest absolute Gasteiger partial charge is 0.496 e. The quantitative estimate of drug-likeness (QED) is 0.680. The van der Waals surface area contributed by atoms with E-state index in [-0.39, 0.29) is 6.61 Å². The average Bonchev–Trinajstić information content (AvgIpc) is 2.76. The highest BCUT2D eigenvalue weighted by Gasteiger charge is 2.29. The van der Waals surface area contributed by atoms with Gasteiger partial charge in [0.15, 0.2) is 11.5 Å². The van der Waals surface area contributed by atoms with Gasteiger partial charge in [0.2, 0.25) is 0 Å². The summed E-state index contributed by atoms with van der Waals surface area (Å²) in [5, 5.41) is 9.63. The zero-order valence-corrected chi connectivity index (χ0v) is 18.4. The number of hydrogen-bond donors (Lipinski definition) is 1. The second-order valence-electron chi connectivity index (χ2n) is 8.42. The van der Waals surface area contributed by atoms with Gasteiger partial charge in [-0.1, -0.05) is 19.3 Å². The molecule has 2 aliphatic rings. The number of hydrogen-bond acceptors (Lipinski definition) is 6. The van der Waals surface area contributed by atoms with Crippen LogP contribution in [0.3, 0.4) is 0 Å². The van der Waals surface area contributed by atoms with E-state index in [1.54, 1.807) is 21.3 Å². The number of piperazine rings is 1. The van der Waals surface area contributed by atoms with Gasteiger partial charge in [0, 0.05) is 57.0 Å². The van der Waals surface area contributed by atoms with Crippen LogP contribution in [0.4, 0.5) is 0 Å². The van der Waals surface area contributed by atoms with Crippen LogP contribution in [0.1, 0.15) is 44.1 Å². The molecule has 0 radical (unpaired) electrons. The Bertz CT molecular complexity index is 634. The molecular weight excluding hydrogens is 368 g/mol. The lowest BCUT2D eigenvalue weighted by Crippen LogP contribution is -2.54. The summed E-state index contributed by atoms with van der Waals surface area (Å²) in [6, 6.07) is 4.34. The lowest BCUT2D eigenvalue weighted by atomic mass is 9.88.